The highest BCUT2D eigenvalue weighted by Crippen LogP contribution is 2.32. The Kier molecular flexibility index (Phi) is 3.04. The highest BCUT2D eigenvalue weighted by molar-refractivity contribution is 5.55. The molecule has 0 radical (unpaired) electrons. The molecule has 1 aromatic rings. The topological polar surface area (TPSA) is 49.8 Å². The first-order valence-corrected chi connectivity index (χ1v) is 5.54. The van der Waals surface area contributed by atoms with E-state index in [0.717, 1.165) is 29.7 Å². The normalized spacial score (nSPS) is 15.1. The van der Waals surface area contributed by atoms with Gasteiger partial charge in [-0.15, -0.1) is 0 Å². The van der Waals surface area contributed by atoms with Gasteiger partial charge in [-0.05, 0) is 19.3 Å². The Morgan fingerprint density at radius 2 is 2.07 bits per heavy atom. The van der Waals surface area contributed by atoms with Crippen LogP contribution in [0.3, 0.4) is 0 Å². The summed E-state index contributed by atoms with van der Waals surface area (Å²) in [6.07, 6.45) is 5.68. The van der Waals surface area contributed by atoms with Gasteiger partial charge in [0.05, 0.1) is 0 Å². The zero-order valence-electron chi connectivity index (χ0n) is 9.38. The average Bonchev–Trinajstić information content (AvgIpc) is 3.04. The van der Waals surface area contributed by atoms with Crippen molar-refractivity contribution in [3.05, 3.63) is 11.9 Å². The Morgan fingerprint density at radius 3 is 2.73 bits per heavy atom. The summed E-state index contributed by atoms with van der Waals surface area (Å²) in [5.41, 5.74) is 1.09. The van der Waals surface area contributed by atoms with Crippen LogP contribution in [0.25, 0.3) is 0 Å². The van der Waals surface area contributed by atoms with Crippen LogP contribution in [-0.2, 0) is 0 Å². The predicted molar refractivity (Wildman–Crippen MR) is 62.1 cm³/mol. The molecule has 0 amide bonds. The van der Waals surface area contributed by atoms with E-state index in [4.69, 9.17) is 0 Å². The number of hydrogen-bond donors (Lipinski definition) is 2. The third-order valence-electron chi connectivity index (χ3n) is 2.86. The van der Waals surface area contributed by atoms with Gasteiger partial charge in [-0.25, -0.2) is 9.97 Å². The maximum Gasteiger partial charge on any atom is 0.134 e. The van der Waals surface area contributed by atoms with Crippen molar-refractivity contribution >= 4 is 11.6 Å². The average molecular weight is 206 g/mol. The molecule has 1 heterocycles. The second kappa shape index (κ2) is 4.47. The van der Waals surface area contributed by atoms with Crippen LogP contribution in [-0.4, -0.2) is 23.6 Å². The van der Waals surface area contributed by atoms with E-state index in [1.807, 2.05) is 14.0 Å². The van der Waals surface area contributed by atoms with Crippen LogP contribution in [0.4, 0.5) is 11.6 Å². The van der Waals surface area contributed by atoms with E-state index in [1.54, 1.807) is 6.33 Å². The number of aromatic nitrogens is 2. The molecule has 1 saturated carbocycles. The predicted octanol–water partition coefficient (Wildman–Crippen LogP) is 2.04. The van der Waals surface area contributed by atoms with E-state index >= 15 is 0 Å². The minimum absolute atomic E-state index is 0.902. The first-order chi connectivity index (χ1) is 7.31. The van der Waals surface area contributed by atoms with Crippen LogP contribution < -0.4 is 10.6 Å². The molecule has 2 N–H and O–H groups in total. The summed E-state index contributed by atoms with van der Waals surface area (Å²) in [5.74, 6) is 2.82. The highest BCUT2D eigenvalue weighted by atomic mass is 15.1. The molecule has 2 rings (SSSR count). The smallest absolute Gasteiger partial charge is 0.134 e. The lowest BCUT2D eigenvalue weighted by Gasteiger charge is -2.10. The lowest BCUT2D eigenvalue weighted by Crippen LogP contribution is -2.08. The van der Waals surface area contributed by atoms with Gasteiger partial charge in [0.25, 0.3) is 0 Å². The zero-order chi connectivity index (χ0) is 10.7. The Labute approximate surface area is 90.5 Å². The Bertz CT molecular complexity index is 333. The molecule has 0 aliphatic heterocycles. The van der Waals surface area contributed by atoms with Crippen molar-refractivity contribution in [1.82, 2.24) is 9.97 Å². The van der Waals surface area contributed by atoms with E-state index in [-0.39, 0.29) is 0 Å². The highest BCUT2D eigenvalue weighted by Gasteiger charge is 2.20. The van der Waals surface area contributed by atoms with Gasteiger partial charge in [0, 0.05) is 19.2 Å². The molecule has 1 aromatic heterocycles. The SMILES string of the molecule is CNc1ncnc(NCCC2CC2)c1C. The molecule has 82 valence electrons. The van der Waals surface area contributed by atoms with E-state index in [1.165, 1.54) is 19.3 Å². The molecular weight excluding hydrogens is 188 g/mol. The van der Waals surface area contributed by atoms with E-state index in [9.17, 15) is 0 Å². The second-order valence-electron chi connectivity index (χ2n) is 4.10. The molecule has 4 nitrogen and oxygen atoms in total. The molecule has 0 saturated heterocycles. The molecular formula is C11H18N4. The minimum Gasteiger partial charge on any atom is -0.373 e. The summed E-state index contributed by atoms with van der Waals surface area (Å²) in [4.78, 5) is 8.39. The molecule has 0 unspecified atom stereocenters. The largest absolute Gasteiger partial charge is 0.373 e. The van der Waals surface area contributed by atoms with Gasteiger partial charge in [-0.1, -0.05) is 12.8 Å². The van der Waals surface area contributed by atoms with E-state index in [2.05, 4.69) is 20.6 Å². The van der Waals surface area contributed by atoms with E-state index < -0.39 is 0 Å². The van der Waals surface area contributed by atoms with Crippen molar-refractivity contribution in [1.29, 1.82) is 0 Å². The van der Waals surface area contributed by atoms with Gasteiger partial charge >= 0.3 is 0 Å². The van der Waals surface area contributed by atoms with Crippen LogP contribution in [0.1, 0.15) is 24.8 Å². The molecule has 15 heavy (non-hydrogen) atoms. The molecule has 0 aromatic carbocycles. The lowest BCUT2D eigenvalue weighted by molar-refractivity contribution is 0.757. The van der Waals surface area contributed by atoms with Gasteiger partial charge in [-0.2, -0.15) is 0 Å². The van der Waals surface area contributed by atoms with Crippen molar-refractivity contribution in [2.24, 2.45) is 5.92 Å². The van der Waals surface area contributed by atoms with Crippen molar-refractivity contribution in [2.75, 3.05) is 24.2 Å². The van der Waals surface area contributed by atoms with Gasteiger partial charge in [-0.3, -0.25) is 0 Å². The fraction of sp³-hybridized carbons (Fsp3) is 0.636. The van der Waals surface area contributed by atoms with Crippen molar-refractivity contribution in [3.8, 4) is 0 Å². The quantitative estimate of drug-likeness (QED) is 0.774. The van der Waals surface area contributed by atoms with Crippen LogP contribution in [0.5, 0.6) is 0 Å². The Balaban J connectivity index is 1.93. The minimum atomic E-state index is 0.902. The van der Waals surface area contributed by atoms with Crippen LogP contribution in [0.15, 0.2) is 6.33 Å². The van der Waals surface area contributed by atoms with Gasteiger partial charge in [0.2, 0.25) is 0 Å². The monoisotopic (exact) mass is 206 g/mol. The maximum absolute atomic E-state index is 4.24. The van der Waals surface area contributed by atoms with Crippen molar-refractivity contribution in [3.63, 3.8) is 0 Å². The summed E-state index contributed by atoms with van der Waals surface area (Å²) >= 11 is 0. The Morgan fingerprint density at radius 1 is 1.33 bits per heavy atom. The molecule has 4 heteroatoms. The molecule has 0 atom stereocenters. The van der Waals surface area contributed by atoms with E-state index in [0.29, 0.717) is 0 Å². The van der Waals surface area contributed by atoms with Crippen LogP contribution >= 0.6 is 0 Å². The first kappa shape index (κ1) is 10.2. The van der Waals surface area contributed by atoms with Gasteiger partial charge in [0.1, 0.15) is 18.0 Å². The van der Waals surface area contributed by atoms with Crippen molar-refractivity contribution < 1.29 is 0 Å². The fourth-order valence-corrected chi connectivity index (χ4v) is 1.68. The number of nitrogens with one attached hydrogen (secondary N) is 2. The maximum atomic E-state index is 4.24. The fourth-order valence-electron chi connectivity index (χ4n) is 1.68. The molecule has 1 aliphatic carbocycles. The summed E-state index contributed by atoms with van der Waals surface area (Å²) < 4.78 is 0. The summed E-state index contributed by atoms with van der Waals surface area (Å²) in [7, 11) is 1.88. The van der Waals surface area contributed by atoms with Gasteiger partial charge in [0.15, 0.2) is 0 Å². The molecule has 1 fully saturated rings. The van der Waals surface area contributed by atoms with Crippen molar-refractivity contribution in [2.45, 2.75) is 26.2 Å². The number of rotatable bonds is 5. The summed E-state index contributed by atoms with van der Waals surface area (Å²) in [6, 6.07) is 0. The summed E-state index contributed by atoms with van der Waals surface area (Å²) in [5, 5.41) is 6.42. The molecule has 0 bridgehead atoms. The van der Waals surface area contributed by atoms with Crippen LogP contribution in [0, 0.1) is 12.8 Å². The van der Waals surface area contributed by atoms with Crippen LogP contribution in [0.2, 0.25) is 0 Å². The third-order valence-corrected chi connectivity index (χ3v) is 2.86. The molecule has 1 aliphatic rings. The number of hydrogen-bond acceptors (Lipinski definition) is 4. The lowest BCUT2D eigenvalue weighted by atomic mass is 10.2. The number of nitrogens with zero attached hydrogens (tertiary/aromatic N) is 2. The standard InChI is InChI=1S/C11H18N4/c1-8-10(12-2)14-7-15-11(8)13-6-5-9-3-4-9/h7,9H,3-6H2,1-2H3,(H2,12,13,14,15). The third kappa shape index (κ3) is 2.58. The second-order valence-corrected chi connectivity index (χ2v) is 4.10. The molecule has 0 spiro atoms. The number of anilines is 2. The Hall–Kier alpha value is -1.32. The first-order valence-electron chi connectivity index (χ1n) is 5.54. The summed E-state index contributed by atoms with van der Waals surface area (Å²) in [6.45, 7) is 3.05. The zero-order valence-corrected chi connectivity index (χ0v) is 9.38. The van der Waals surface area contributed by atoms with Gasteiger partial charge < -0.3 is 10.6 Å².